The van der Waals surface area contributed by atoms with Crippen molar-refractivity contribution in [2.24, 2.45) is 17.6 Å². The van der Waals surface area contributed by atoms with Crippen LogP contribution >= 0.6 is 0 Å². The number of rotatable bonds is 3. The van der Waals surface area contributed by atoms with E-state index in [2.05, 4.69) is 4.74 Å². The van der Waals surface area contributed by atoms with E-state index in [1.807, 2.05) is 0 Å². The van der Waals surface area contributed by atoms with E-state index in [1.165, 1.54) is 0 Å². The first-order valence-electron chi connectivity index (χ1n) is 4.36. The van der Waals surface area contributed by atoms with Crippen molar-refractivity contribution in [1.29, 1.82) is 0 Å². The molecule has 2 N–H and O–H groups in total. The van der Waals surface area contributed by atoms with E-state index >= 15 is 0 Å². The van der Waals surface area contributed by atoms with E-state index in [1.54, 1.807) is 6.92 Å². The van der Waals surface area contributed by atoms with Gasteiger partial charge in [-0.05, 0) is 19.3 Å². The fourth-order valence-corrected chi connectivity index (χ4v) is 1.40. The Balaban J connectivity index is 2.43. The van der Waals surface area contributed by atoms with Crippen molar-refractivity contribution in [3.63, 3.8) is 0 Å². The third-order valence-electron chi connectivity index (χ3n) is 2.28. The van der Waals surface area contributed by atoms with Crippen LogP contribution in [-0.2, 0) is 9.53 Å². The van der Waals surface area contributed by atoms with E-state index in [0.717, 1.165) is 0 Å². The minimum Gasteiger partial charge on any atom is -0.465 e. The number of nitrogens with two attached hydrogens (primary N) is 1. The largest absolute Gasteiger partial charge is 0.465 e. The number of carbonyl (C=O) groups excluding carboxylic acids is 1. The molecule has 0 saturated heterocycles. The van der Waals surface area contributed by atoms with Crippen molar-refractivity contribution < 1.29 is 22.7 Å². The molecule has 14 heavy (non-hydrogen) atoms. The van der Waals surface area contributed by atoms with Crippen LogP contribution in [0.3, 0.4) is 0 Å². The second-order valence-electron chi connectivity index (χ2n) is 3.33. The van der Waals surface area contributed by atoms with Gasteiger partial charge < -0.3 is 10.5 Å². The summed E-state index contributed by atoms with van der Waals surface area (Å²) in [5, 5.41) is 0. The van der Waals surface area contributed by atoms with Gasteiger partial charge in [0.15, 0.2) is 0 Å². The minimum atomic E-state index is -4.24. The van der Waals surface area contributed by atoms with E-state index in [0.29, 0.717) is 0 Å². The zero-order valence-corrected chi connectivity index (χ0v) is 7.67. The molecule has 1 aliphatic carbocycles. The molecule has 1 aliphatic rings. The van der Waals surface area contributed by atoms with Gasteiger partial charge in [0.2, 0.25) is 0 Å². The van der Waals surface area contributed by atoms with Crippen molar-refractivity contribution >= 4 is 5.97 Å². The molecule has 0 aliphatic heterocycles. The molecular formula is C8H12F3NO2. The zero-order chi connectivity index (χ0) is 10.9. The first kappa shape index (κ1) is 11.3. The predicted octanol–water partition coefficient (Wildman–Crippen LogP) is 1.08. The summed E-state index contributed by atoms with van der Waals surface area (Å²) < 4.78 is 40.8. The fourth-order valence-electron chi connectivity index (χ4n) is 1.40. The standard InChI is InChI=1S/C8H12F3NO2/c1-2-14-7(13)6(12)4-3-5(4)8(9,10)11/h4-6H,2-3,12H2,1H3. The van der Waals surface area contributed by atoms with Gasteiger partial charge in [0, 0.05) is 0 Å². The summed E-state index contributed by atoms with van der Waals surface area (Å²) in [5.41, 5.74) is 5.32. The zero-order valence-electron chi connectivity index (χ0n) is 7.67. The Hall–Kier alpha value is -0.780. The molecule has 0 bridgehead atoms. The molecule has 3 atom stereocenters. The first-order valence-corrected chi connectivity index (χ1v) is 4.36. The maximum atomic E-state index is 12.1. The summed E-state index contributed by atoms with van der Waals surface area (Å²) in [6.45, 7) is 1.72. The van der Waals surface area contributed by atoms with Crippen molar-refractivity contribution in [2.45, 2.75) is 25.6 Å². The Bertz CT molecular complexity index is 229. The van der Waals surface area contributed by atoms with Crippen LogP contribution in [-0.4, -0.2) is 24.8 Å². The summed E-state index contributed by atoms with van der Waals surface area (Å²) in [4.78, 5) is 11.0. The summed E-state index contributed by atoms with van der Waals surface area (Å²) in [6, 6.07) is -1.14. The quantitative estimate of drug-likeness (QED) is 0.710. The molecule has 1 fully saturated rings. The summed E-state index contributed by atoms with van der Waals surface area (Å²) >= 11 is 0. The molecule has 1 saturated carbocycles. The number of carbonyl (C=O) groups is 1. The van der Waals surface area contributed by atoms with Gasteiger partial charge in [-0.1, -0.05) is 0 Å². The highest BCUT2D eigenvalue weighted by atomic mass is 19.4. The molecule has 3 nitrogen and oxygen atoms in total. The van der Waals surface area contributed by atoms with Crippen molar-refractivity contribution in [3.8, 4) is 0 Å². The van der Waals surface area contributed by atoms with Crippen LogP contribution in [0.2, 0.25) is 0 Å². The highest BCUT2D eigenvalue weighted by Crippen LogP contribution is 2.51. The molecule has 3 unspecified atom stereocenters. The molecule has 0 radical (unpaired) electrons. The maximum Gasteiger partial charge on any atom is 0.392 e. The van der Waals surface area contributed by atoms with E-state index < -0.39 is 30.0 Å². The Kier molecular flexibility index (Phi) is 3.04. The molecule has 0 aromatic rings. The van der Waals surface area contributed by atoms with Gasteiger partial charge in [-0.25, -0.2) is 0 Å². The Morgan fingerprint density at radius 1 is 1.64 bits per heavy atom. The van der Waals surface area contributed by atoms with Gasteiger partial charge in [-0.15, -0.1) is 0 Å². The van der Waals surface area contributed by atoms with Crippen LogP contribution in [0, 0.1) is 11.8 Å². The molecule has 0 amide bonds. The predicted molar refractivity (Wildman–Crippen MR) is 42.3 cm³/mol. The van der Waals surface area contributed by atoms with Crippen molar-refractivity contribution in [1.82, 2.24) is 0 Å². The molecule has 0 spiro atoms. The minimum absolute atomic E-state index is 0.0660. The third-order valence-corrected chi connectivity index (χ3v) is 2.28. The van der Waals surface area contributed by atoms with Gasteiger partial charge in [-0.2, -0.15) is 13.2 Å². The van der Waals surface area contributed by atoms with Gasteiger partial charge in [-0.3, -0.25) is 4.79 Å². The Morgan fingerprint density at radius 3 is 2.57 bits per heavy atom. The summed E-state index contributed by atoms with van der Waals surface area (Å²) in [5.74, 6) is -2.97. The number of alkyl halides is 3. The lowest BCUT2D eigenvalue weighted by atomic mass is 10.1. The number of esters is 1. The topological polar surface area (TPSA) is 52.3 Å². The Labute approximate surface area is 79.4 Å². The monoisotopic (exact) mass is 211 g/mol. The molecule has 82 valence electrons. The van der Waals surface area contributed by atoms with Gasteiger partial charge in [0.1, 0.15) is 6.04 Å². The highest BCUT2D eigenvalue weighted by molar-refractivity contribution is 5.76. The van der Waals surface area contributed by atoms with Crippen molar-refractivity contribution in [2.75, 3.05) is 6.61 Å². The first-order chi connectivity index (χ1) is 6.38. The highest BCUT2D eigenvalue weighted by Gasteiger charge is 2.59. The second-order valence-corrected chi connectivity index (χ2v) is 3.33. The molecule has 0 aromatic carbocycles. The van der Waals surface area contributed by atoms with Crippen LogP contribution in [0.15, 0.2) is 0 Å². The van der Waals surface area contributed by atoms with E-state index in [4.69, 9.17) is 5.73 Å². The molecule has 6 heteroatoms. The lowest BCUT2D eigenvalue weighted by molar-refractivity contribution is -0.155. The normalized spacial score (nSPS) is 28.4. The summed E-state index contributed by atoms with van der Waals surface area (Å²) in [7, 11) is 0. The van der Waals surface area contributed by atoms with Crippen LogP contribution in [0.1, 0.15) is 13.3 Å². The number of hydrogen-bond donors (Lipinski definition) is 1. The second kappa shape index (κ2) is 3.76. The van der Waals surface area contributed by atoms with E-state index in [9.17, 15) is 18.0 Å². The smallest absolute Gasteiger partial charge is 0.392 e. The SMILES string of the molecule is CCOC(=O)C(N)C1CC1C(F)(F)F. The summed E-state index contributed by atoms with van der Waals surface area (Å²) in [6.07, 6.45) is -4.31. The average Bonchev–Trinajstić information content (AvgIpc) is 2.80. The van der Waals surface area contributed by atoms with Crippen LogP contribution < -0.4 is 5.73 Å². The van der Waals surface area contributed by atoms with Crippen LogP contribution in [0.25, 0.3) is 0 Å². The lowest BCUT2D eigenvalue weighted by Crippen LogP contribution is -2.36. The molecular weight excluding hydrogens is 199 g/mol. The maximum absolute atomic E-state index is 12.1. The number of halogens is 3. The van der Waals surface area contributed by atoms with Crippen LogP contribution in [0.4, 0.5) is 13.2 Å². The molecule has 0 heterocycles. The van der Waals surface area contributed by atoms with E-state index in [-0.39, 0.29) is 13.0 Å². The van der Waals surface area contributed by atoms with Crippen LogP contribution in [0.5, 0.6) is 0 Å². The lowest BCUT2D eigenvalue weighted by Gasteiger charge is -2.11. The fraction of sp³-hybridized carbons (Fsp3) is 0.875. The number of ether oxygens (including phenoxy) is 1. The van der Waals surface area contributed by atoms with Gasteiger partial charge in [0.25, 0.3) is 0 Å². The molecule has 0 aromatic heterocycles. The van der Waals surface area contributed by atoms with Gasteiger partial charge >= 0.3 is 12.1 Å². The molecule has 1 rings (SSSR count). The van der Waals surface area contributed by atoms with Gasteiger partial charge in [0.05, 0.1) is 12.5 Å². The van der Waals surface area contributed by atoms with Crippen molar-refractivity contribution in [3.05, 3.63) is 0 Å². The average molecular weight is 211 g/mol. The Morgan fingerprint density at radius 2 is 2.21 bits per heavy atom. The third kappa shape index (κ3) is 2.37. The number of hydrogen-bond acceptors (Lipinski definition) is 3.